The topological polar surface area (TPSA) is 79.5 Å². The van der Waals surface area contributed by atoms with E-state index in [1.165, 1.54) is 0 Å². The van der Waals surface area contributed by atoms with E-state index in [0.29, 0.717) is 24.3 Å². The number of hydrogen-bond acceptors (Lipinski definition) is 3. The van der Waals surface area contributed by atoms with Crippen LogP contribution in [0.2, 0.25) is 0 Å². The van der Waals surface area contributed by atoms with Gasteiger partial charge < -0.3 is 20.7 Å². The Labute approximate surface area is 124 Å². The first-order valence-corrected chi connectivity index (χ1v) is 6.49. The summed E-state index contributed by atoms with van der Waals surface area (Å²) >= 11 is 0. The van der Waals surface area contributed by atoms with Crippen LogP contribution in [0.4, 0.5) is 4.79 Å². The van der Waals surface area contributed by atoms with Crippen molar-refractivity contribution < 1.29 is 14.3 Å². The van der Waals surface area contributed by atoms with Crippen LogP contribution in [0.5, 0.6) is 0 Å². The molecule has 1 rings (SSSR count). The first-order valence-electron chi connectivity index (χ1n) is 6.49. The molecule has 1 aromatic rings. The molecule has 0 atom stereocenters. The van der Waals surface area contributed by atoms with Crippen LogP contribution in [0.1, 0.15) is 15.9 Å². The van der Waals surface area contributed by atoms with E-state index in [1.807, 2.05) is 0 Å². The van der Waals surface area contributed by atoms with Gasteiger partial charge in [-0.1, -0.05) is 24.0 Å². The van der Waals surface area contributed by atoms with E-state index in [1.54, 1.807) is 38.4 Å². The minimum Gasteiger partial charge on any atom is -0.383 e. The van der Waals surface area contributed by atoms with Gasteiger partial charge in [0.1, 0.15) is 0 Å². The van der Waals surface area contributed by atoms with Crippen LogP contribution in [-0.4, -0.2) is 45.8 Å². The molecule has 6 heteroatoms. The third kappa shape index (κ3) is 5.97. The van der Waals surface area contributed by atoms with Gasteiger partial charge in [0.25, 0.3) is 5.91 Å². The number of amides is 3. The van der Waals surface area contributed by atoms with Crippen molar-refractivity contribution in [2.45, 2.75) is 0 Å². The molecule has 0 spiro atoms. The van der Waals surface area contributed by atoms with Gasteiger partial charge in [0.05, 0.1) is 18.7 Å². The molecule has 0 heterocycles. The molecule has 6 nitrogen and oxygen atoms in total. The van der Waals surface area contributed by atoms with Gasteiger partial charge in [0.2, 0.25) is 0 Å². The maximum atomic E-state index is 11.7. The second-order valence-electron chi connectivity index (χ2n) is 4.03. The fraction of sp³-hybridized carbons (Fsp3) is 0.333. The quantitative estimate of drug-likeness (QED) is 0.540. The third-order valence-electron chi connectivity index (χ3n) is 2.55. The van der Waals surface area contributed by atoms with E-state index in [0.717, 1.165) is 0 Å². The smallest absolute Gasteiger partial charge is 0.315 e. The number of urea groups is 1. The van der Waals surface area contributed by atoms with E-state index >= 15 is 0 Å². The van der Waals surface area contributed by atoms with Gasteiger partial charge in [0, 0.05) is 26.3 Å². The minimum absolute atomic E-state index is 0.190. The van der Waals surface area contributed by atoms with Crippen LogP contribution in [-0.2, 0) is 4.74 Å². The number of rotatable bonds is 5. The summed E-state index contributed by atoms with van der Waals surface area (Å²) in [5.41, 5.74) is 1.13. The Kier molecular flexibility index (Phi) is 7.40. The number of hydrogen-bond donors (Lipinski definition) is 3. The predicted octanol–water partition coefficient (Wildman–Crippen LogP) is 0.343. The fourth-order valence-electron chi connectivity index (χ4n) is 1.52. The number of nitrogens with one attached hydrogen (secondary N) is 3. The Hall–Kier alpha value is -2.52. The summed E-state index contributed by atoms with van der Waals surface area (Å²) in [6.07, 6.45) is 0. The van der Waals surface area contributed by atoms with Crippen LogP contribution in [0.3, 0.4) is 0 Å². The highest BCUT2D eigenvalue weighted by molar-refractivity contribution is 5.96. The first kappa shape index (κ1) is 16.5. The summed E-state index contributed by atoms with van der Waals surface area (Å²) in [5, 5.41) is 7.77. The highest BCUT2D eigenvalue weighted by Gasteiger charge is 2.06. The number of methoxy groups -OCH3 is 1. The maximum absolute atomic E-state index is 11.7. The molecule has 0 aliphatic rings. The molecule has 0 radical (unpaired) electrons. The minimum atomic E-state index is -0.305. The lowest BCUT2D eigenvalue weighted by atomic mass is 10.1. The zero-order chi connectivity index (χ0) is 15.5. The van der Waals surface area contributed by atoms with Gasteiger partial charge in [-0.25, -0.2) is 4.79 Å². The van der Waals surface area contributed by atoms with E-state index in [4.69, 9.17) is 4.74 Å². The predicted molar refractivity (Wildman–Crippen MR) is 80.0 cm³/mol. The standard InChI is InChI=1S/C15H19N3O3/c1-16-14(19)13-8-4-3-6-12(13)7-5-9-17-15(20)18-10-11-21-2/h3-4,6,8H,9-11H2,1-2H3,(H,16,19)(H2,17,18,20). The number of ether oxygens (including phenoxy) is 1. The van der Waals surface area contributed by atoms with E-state index in [2.05, 4.69) is 27.8 Å². The second-order valence-corrected chi connectivity index (χ2v) is 4.03. The Morgan fingerprint density at radius 3 is 2.71 bits per heavy atom. The zero-order valence-corrected chi connectivity index (χ0v) is 12.2. The highest BCUT2D eigenvalue weighted by atomic mass is 16.5. The molecule has 3 amide bonds. The average Bonchev–Trinajstić information content (AvgIpc) is 2.51. The Balaban J connectivity index is 2.52. The average molecular weight is 289 g/mol. The molecule has 3 N–H and O–H groups in total. The fourth-order valence-corrected chi connectivity index (χ4v) is 1.52. The van der Waals surface area contributed by atoms with Crippen molar-refractivity contribution in [2.75, 3.05) is 33.9 Å². The number of carbonyl (C=O) groups excluding carboxylic acids is 2. The molecule has 0 bridgehead atoms. The lowest BCUT2D eigenvalue weighted by molar-refractivity contribution is 0.0963. The van der Waals surface area contributed by atoms with Crippen LogP contribution in [0.15, 0.2) is 24.3 Å². The van der Waals surface area contributed by atoms with Gasteiger partial charge in [-0.05, 0) is 12.1 Å². The van der Waals surface area contributed by atoms with Crippen molar-refractivity contribution in [1.29, 1.82) is 0 Å². The van der Waals surface area contributed by atoms with Crippen molar-refractivity contribution in [3.05, 3.63) is 35.4 Å². The summed E-state index contributed by atoms with van der Waals surface area (Å²) < 4.78 is 4.81. The number of carbonyl (C=O) groups is 2. The third-order valence-corrected chi connectivity index (χ3v) is 2.55. The van der Waals surface area contributed by atoms with Gasteiger partial charge in [-0.3, -0.25) is 4.79 Å². The number of benzene rings is 1. The maximum Gasteiger partial charge on any atom is 0.315 e. The molecular weight excluding hydrogens is 270 g/mol. The van der Waals surface area contributed by atoms with Crippen molar-refractivity contribution in [1.82, 2.24) is 16.0 Å². The van der Waals surface area contributed by atoms with Gasteiger partial charge >= 0.3 is 6.03 Å². The van der Waals surface area contributed by atoms with Crippen molar-refractivity contribution in [3.8, 4) is 11.8 Å². The lowest BCUT2D eigenvalue weighted by Crippen LogP contribution is -2.37. The van der Waals surface area contributed by atoms with Crippen LogP contribution in [0, 0.1) is 11.8 Å². The lowest BCUT2D eigenvalue weighted by Gasteiger charge is -2.04. The molecule has 0 unspecified atom stereocenters. The van der Waals surface area contributed by atoms with Crippen LogP contribution in [0.25, 0.3) is 0 Å². The van der Waals surface area contributed by atoms with Crippen LogP contribution < -0.4 is 16.0 Å². The largest absolute Gasteiger partial charge is 0.383 e. The molecule has 0 saturated heterocycles. The molecule has 0 aromatic heterocycles. The van der Waals surface area contributed by atoms with E-state index in [9.17, 15) is 9.59 Å². The summed E-state index contributed by atoms with van der Waals surface area (Å²) in [7, 11) is 3.13. The molecule has 0 aliphatic heterocycles. The van der Waals surface area contributed by atoms with Gasteiger partial charge in [-0.15, -0.1) is 0 Å². The van der Waals surface area contributed by atoms with Crippen molar-refractivity contribution >= 4 is 11.9 Å². The Morgan fingerprint density at radius 2 is 2.00 bits per heavy atom. The Morgan fingerprint density at radius 1 is 1.24 bits per heavy atom. The van der Waals surface area contributed by atoms with E-state index in [-0.39, 0.29) is 18.5 Å². The molecule has 0 saturated carbocycles. The molecule has 21 heavy (non-hydrogen) atoms. The SMILES string of the molecule is CNC(=O)c1ccccc1C#CCNC(=O)NCCOC. The monoisotopic (exact) mass is 289 g/mol. The van der Waals surface area contributed by atoms with Gasteiger partial charge in [-0.2, -0.15) is 0 Å². The van der Waals surface area contributed by atoms with E-state index < -0.39 is 0 Å². The highest BCUT2D eigenvalue weighted by Crippen LogP contribution is 2.06. The summed E-state index contributed by atoms with van der Waals surface area (Å²) in [4.78, 5) is 23.0. The summed E-state index contributed by atoms with van der Waals surface area (Å²) in [5.74, 6) is 5.49. The van der Waals surface area contributed by atoms with Crippen molar-refractivity contribution in [2.24, 2.45) is 0 Å². The zero-order valence-electron chi connectivity index (χ0n) is 12.2. The van der Waals surface area contributed by atoms with Crippen molar-refractivity contribution in [3.63, 3.8) is 0 Å². The summed E-state index contributed by atoms with van der Waals surface area (Å²) in [6.45, 7) is 1.09. The Bertz CT molecular complexity index is 547. The van der Waals surface area contributed by atoms with Crippen LogP contribution >= 0.6 is 0 Å². The molecule has 0 aliphatic carbocycles. The molecular formula is C15H19N3O3. The molecule has 112 valence electrons. The molecule has 1 aromatic carbocycles. The van der Waals surface area contributed by atoms with Gasteiger partial charge in [0.15, 0.2) is 0 Å². The first-order chi connectivity index (χ1) is 10.2. The summed E-state index contributed by atoms with van der Waals surface area (Å²) in [6, 6.07) is 6.74. The second kappa shape index (κ2) is 9.39. The normalized spacial score (nSPS) is 9.24. The molecule has 0 fully saturated rings.